The fourth-order valence-electron chi connectivity index (χ4n) is 1.76. The lowest BCUT2D eigenvalue weighted by Crippen LogP contribution is -2.32. The fourth-order valence-corrected chi connectivity index (χ4v) is 2.90. The molecule has 108 valence electrons. The predicted molar refractivity (Wildman–Crippen MR) is 86.4 cm³/mol. The lowest BCUT2D eigenvalue weighted by atomic mass is 10.2. The first-order valence-electron chi connectivity index (χ1n) is 6.48. The molecule has 0 spiro atoms. The van der Waals surface area contributed by atoms with Crippen molar-refractivity contribution in [1.29, 1.82) is 0 Å². The van der Waals surface area contributed by atoms with Gasteiger partial charge >= 0.3 is 0 Å². The van der Waals surface area contributed by atoms with E-state index in [1.165, 1.54) is 4.88 Å². The van der Waals surface area contributed by atoms with E-state index in [0.717, 1.165) is 10.2 Å². The summed E-state index contributed by atoms with van der Waals surface area (Å²) in [5.74, 6) is 0.754. The van der Waals surface area contributed by atoms with E-state index < -0.39 is 6.10 Å². The molecular weight excluding hydrogens is 338 g/mol. The topological polar surface area (TPSA) is 41.5 Å². The molecule has 3 nitrogen and oxygen atoms in total. The molecule has 0 aliphatic carbocycles. The Hall–Kier alpha value is -0.880. The SMILES string of the molecule is C[C@H](NCC(O)COc1cccc(Br)c1)c1cccs1. The van der Waals surface area contributed by atoms with Crippen LogP contribution in [0, 0.1) is 0 Å². The van der Waals surface area contributed by atoms with Crippen molar-refractivity contribution in [2.45, 2.75) is 19.1 Å². The maximum atomic E-state index is 9.93. The molecule has 0 aliphatic heterocycles. The molecule has 1 unspecified atom stereocenters. The van der Waals surface area contributed by atoms with Crippen molar-refractivity contribution in [3.8, 4) is 5.75 Å². The molecule has 0 bridgehead atoms. The lowest BCUT2D eigenvalue weighted by Gasteiger charge is -2.16. The second-order valence-electron chi connectivity index (χ2n) is 4.57. The van der Waals surface area contributed by atoms with Gasteiger partial charge < -0.3 is 15.2 Å². The van der Waals surface area contributed by atoms with Crippen molar-refractivity contribution < 1.29 is 9.84 Å². The Morgan fingerprint density at radius 2 is 2.20 bits per heavy atom. The Morgan fingerprint density at radius 3 is 2.90 bits per heavy atom. The van der Waals surface area contributed by atoms with E-state index >= 15 is 0 Å². The minimum Gasteiger partial charge on any atom is -0.491 e. The van der Waals surface area contributed by atoms with Gasteiger partial charge in [0.2, 0.25) is 0 Å². The molecule has 1 aromatic carbocycles. The molecule has 1 heterocycles. The van der Waals surface area contributed by atoms with E-state index in [-0.39, 0.29) is 12.6 Å². The van der Waals surface area contributed by atoms with Gasteiger partial charge in [-0.3, -0.25) is 0 Å². The van der Waals surface area contributed by atoms with Crippen LogP contribution in [-0.2, 0) is 0 Å². The molecule has 0 amide bonds. The minimum atomic E-state index is -0.531. The first-order valence-corrected chi connectivity index (χ1v) is 8.15. The Kier molecular flexibility index (Phi) is 6.04. The number of hydrogen-bond donors (Lipinski definition) is 2. The van der Waals surface area contributed by atoms with Crippen LogP contribution in [0.3, 0.4) is 0 Å². The quantitative estimate of drug-likeness (QED) is 0.797. The summed E-state index contributed by atoms with van der Waals surface area (Å²) in [5, 5.41) is 15.3. The van der Waals surface area contributed by atoms with Crippen molar-refractivity contribution in [2.24, 2.45) is 0 Å². The number of nitrogens with one attached hydrogen (secondary N) is 1. The van der Waals surface area contributed by atoms with Gasteiger partial charge in [0.25, 0.3) is 0 Å². The monoisotopic (exact) mass is 355 g/mol. The molecule has 0 saturated heterocycles. The third kappa shape index (κ3) is 4.90. The highest BCUT2D eigenvalue weighted by atomic mass is 79.9. The largest absolute Gasteiger partial charge is 0.491 e. The second kappa shape index (κ2) is 7.78. The van der Waals surface area contributed by atoms with Crippen LogP contribution >= 0.6 is 27.3 Å². The molecule has 20 heavy (non-hydrogen) atoms. The maximum absolute atomic E-state index is 9.93. The summed E-state index contributed by atoms with van der Waals surface area (Å²) in [5.41, 5.74) is 0. The normalized spacial score (nSPS) is 13.9. The van der Waals surface area contributed by atoms with Gasteiger partial charge in [-0.25, -0.2) is 0 Å². The number of ether oxygens (including phenoxy) is 1. The first kappa shape index (κ1) is 15.5. The lowest BCUT2D eigenvalue weighted by molar-refractivity contribution is 0.104. The molecule has 0 radical (unpaired) electrons. The van der Waals surface area contributed by atoms with E-state index in [0.29, 0.717) is 6.54 Å². The van der Waals surface area contributed by atoms with Crippen LogP contribution in [0.1, 0.15) is 17.8 Å². The summed E-state index contributed by atoms with van der Waals surface area (Å²) < 4.78 is 6.52. The van der Waals surface area contributed by atoms with Crippen molar-refractivity contribution in [3.05, 3.63) is 51.1 Å². The zero-order valence-corrected chi connectivity index (χ0v) is 13.7. The van der Waals surface area contributed by atoms with Crippen molar-refractivity contribution >= 4 is 27.3 Å². The van der Waals surface area contributed by atoms with E-state index in [1.807, 2.05) is 30.3 Å². The maximum Gasteiger partial charge on any atom is 0.120 e. The Labute approximate surface area is 131 Å². The Balaban J connectivity index is 1.71. The number of benzene rings is 1. The molecule has 1 aromatic heterocycles. The van der Waals surface area contributed by atoms with Gasteiger partial charge in [-0.05, 0) is 36.6 Å². The van der Waals surface area contributed by atoms with Crippen LogP contribution in [0.15, 0.2) is 46.3 Å². The highest BCUT2D eigenvalue weighted by Crippen LogP contribution is 2.19. The zero-order chi connectivity index (χ0) is 14.4. The van der Waals surface area contributed by atoms with E-state index in [2.05, 4.69) is 39.6 Å². The van der Waals surface area contributed by atoms with Gasteiger partial charge in [-0.1, -0.05) is 28.1 Å². The highest BCUT2D eigenvalue weighted by molar-refractivity contribution is 9.10. The van der Waals surface area contributed by atoms with Gasteiger partial charge in [0.05, 0.1) is 0 Å². The third-order valence-corrected chi connectivity index (χ3v) is 4.42. The molecule has 2 rings (SSSR count). The molecule has 2 atom stereocenters. The molecule has 0 aliphatic rings. The molecule has 0 saturated carbocycles. The van der Waals surface area contributed by atoms with Gasteiger partial charge in [0.15, 0.2) is 0 Å². The number of rotatable bonds is 7. The molecule has 0 fully saturated rings. The molecule has 2 N–H and O–H groups in total. The van der Waals surface area contributed by atoms with Crippen LogP contribution in [0.2, 0.25) is 0 Å². The average Bonchev–Trinajstić information content (AvgIpc) is 2.97. The first-order chi connectivity index (χ1) is 9.65. The Morgan fingerprint density at radius 1 is 1.35 bits per heavy atom. The number of aliphatic hydroxyl groups is 1. The van der Waals surface area contributed by atoms with Crippen LogP contribution in [0.5, 0.6) is 5.75 Å². The van der Waals surface area contributed by atoms with Crippen molar-refractivity contribution in [1.82, 2.24) is 5.32 Å². The molecule has 5 heteroatoms. The highest BCUT2D eigenvalue weighted by Gasteiger charge is 2.10. The van der Waals surface area contributed by atoms with Crippen LogP contribution in [-0.4, -0.2) is 24.4 Å². The Bertz CT molecular complexity index is 518. The number of thiophene rings is 1. The van der Waals surface area contributed by atoms with Crippen molar-refractivity contribution in [2.75, 3.05) is 13.2 Å². The molecular formula is C15H18BrNO2S. The van der Waals surface area contributed by atoms with Crippen molar-refractivity contribution in [3.63, 3.8) is 0 Å². The summed E-state index contributed by atoms with van der Waals surface area (Å²) in [6.45, 7) is 2.88. The number of halogens is 1. The summed E-state index contributed by atoms with van der Waals surface area (Å²) in [7, 11) is 0. The van der Waals surface area contributed by atoms with E-state index in [1.54, 1.807) is 11.3 Å². The van der Waals surface area contributed by atoms with Crippen LogP contribution in [0.25, 0.3) is 0 Å². The van der Waals surface area contributed by atoms with Crippen LogP contribution < -0.4 is 10.1 Å². The number of aliphatic hydroxyl groups excluding tert-OH is 1. The van der Waals surface area contributed by atoms with Gasteiger partial charge in [0, 0.05) is 21.9 Å². The van der Waals surface area contributed by atoms with Gasteiger partial charge in [-0.2, -0.15) is 0 Å². The smallest absolute Gasteiger partial charge is 0.120 e. The van der Waals surface area contributed by atoms with Gasteiger partial charge in [0.1, 0.15) is 18.5 Å². The van der Waals surface area contributed by atoms with Crippen LogP contribution in [0.4, 0.5) is 0 Å². The second-order valence-corrected chi connectivity index (χ2v) is 6.46. The fraction of sp³-hybridized carbons (Fsp3) is 0.333. The predicted octanol–water partition coefficient (Wildman–Crippen LogP) is 3.60. The summed E-state index contributed by atoms with van der Waals surface area (Å²) in [6, 6.07) is 12.0. The summed E-state index contributed by atoms with van der Waals surface area (Å²) in [6.07, 6.45) is -0.531. The minimum absolute atomic E-state index is 0.246. The number of hydrogen-bond acceptors (Lipinski definition) is 4. The summed E-state index contributed by atoms with van der Waals surface area (Å²) in [4.78, 5) is 1.27. The van der Waals surface area contributed by atoms with E-state index in [9.17, 15) is 5.11 Å². The van der Waals surface area contributed by atoms with E-state index in [4.69, 9.17) is 4.74 Å². The molecule has 2 aromatic rings. The standard InChI is InChI=1S/C15H18BrNO2S/c1-11(15-6-3-7-20-15)17-9-13(18)10-19-14-5-2-4-12(16)8-14/h2-8,11,13,17-18H,9-10H2,1H3/t11-,13?/m0/s1. The van der Waals surface area contributed by atoms with Gasteiger partial charge in [-0.15, -0.1) is 11.3 Å². The zero-order valence-electron chi connectivity index (χ0n) is 11.3. The summed E-state index contributed by atoms with van der Waals surface area (Å²) >= 11 is 5.10. The third-order valence-electron chi connectivity index (χ3n) is 2.87. The average molecular weight is 356 g/mol.